The number of nitrogens with two attached hydrogens (primary N) is 1. The van der Waals surface area contributed by atoms with E-state index in [1.54, 1.807) is 24.3 Å². The first-order valence-electron chi connectivity index (χ1n) is 8.21. The van der Waals surface area contributed by atoms with E-state index in [2.05, 4.69) is 26.1 Å². The normalized spacial score (nSPS) is 10.3. The number of hydrazine groups is 1. The number of amides is 1. The van der Waals surface area contributed by atoms with E-state index in [1.807, 2.05) is 32.0 Å². The highest BCUT2D eigenvalue weighted by molar-refractivity contribution is 6.33. The van der Waals surface area contributed by atoms with Crippen molar-refractivity contribution in [1.29, 1.82) is 0 Å². The van der Waals surface area contributed by atoms with Gasteiger partial charge >= 0.3 is 0 Å². The van der Waals surface area contributed by atoms with E-state index >= 15 is 0 Å². The summed E-state index contributed by atoms with van der Waals surface area (Å²) in [5.74, 6) is 0.314. The Morgan fingerprint density at radius 3 is 2.59 bits per heavy atom. The topological polar surface area (TPSA) is 105 Å². The molecule has 8 heteroatoms. The van der Waals surface area contributed by atoms with Gasteiger partial charge in [0.15, 0.2) is 11.6 Å². The van der Waals surface area contributed by atoms with Crippen molar-refractivity contribution < 1.29 is 4.79 Å². The van der Waals surface area contributed by atoms with Gasteiger partial charge in [0, 0.05) is 5.69 Å². The zero-order valence-electron chi connectivity index (χ0n) is 14.9. The number of nitrogens with zero attached hydrogens (tertiary/aromatic N) is 2. The summed E-state index contributed by atoms with van der Waals surface area (Å²) in [5, 5.41) is 3.55. The van der Waals surface area contributed by atoms with Crippen LogP contribution < -0.4 is 21.9 Å². The predicted molar refractivity (Wildman–Crippen MR) is 108 cm³/mol. The molecule has 0 unspecified atom stereocenters. The molecule has 1 amide bonds. The van der Waals surface area contributed by atoms with Gasteiger partial charge in [0.05, 0.1) is 10.6 Å². The van der Waals surface area contributed by atoms with Gasteiger partial charge in [-0.15, -0.1) is 0 Å². The van der Waals surface area contributed by atoms with Gasteiger partial charge in [-0.05, 0) is 43.2 Å². The maximum atomic E-state index is 12.3. The molecule has 5 N–H and O–H groups in total. The number of benzene rings is 2. The summed E-state index contributed by atoms with van der Waals surface area (Å²) in [7, 11) is 0. The second-order valence-corrected chi connectivity index (χ2v) is 6.39. The van der Waals surface area contributed by atoms with Crippen LogP contribution in [-0.4, -0.2) is 15.9 Å². The van der Waals surface area contributed by atoms with Crippen molar-refractivity contribution in [2.45, 2.75) is 13.8 Å². The van der Waals surface area contributed by atoms with Gasteiger partial charge in [-0.2, -0.15) is 0 Å². The molecule has 138 valence electrons. The van der Waals surface area contributed by atoms with E-state index in [0.29, 0.717) is 16.4 Å². The minimum Gasteiger partial charge on any atom is -0.393 e. The lowest BCUT2D eigenvalue weighted by Gasteiger charge is -2.15. The lowest BCUT2D eigenvalue weighted by atomic mass is 10.1. The molecular formula is C19H19ClN6O. The van der Waals surface area contributed by atoms with Crippen LogP contribution in [0.25, 0.3) is 0 Å². The molecule has 0 aliphatic heterocycles. The summed E-state index contributed by atoms with van der Waals surface area (Å²) < 4.78 is 0. The van der Waals surface area contributed by atoms with Gasteiger partial charge in [-0.1, -0.05) is 35.9 Å². The molecule has 0 aliphatic rings. The molecule has 27 heavy (non-hydrogen) atoms. The Morgan fingerprint density at radius 2 is 1.81 bits per heavy atom. The van der Waals surface area contributed by atoms with Crippen LogP contribution in [0.3, 0.4) is 0 Å². The number of anilines is 4. The van der Waals surface area contributed by atoms with Crippen LogP contribution in [0.2, 0.25) is 5.02 Å². The number of halogens is 1. The highest BCUT2D eigenvalue weighted by Crippen LogP contribution is 2.27. The zero-order valence-corrected chi connectivity index (χ0v) is 15.6. The number of nitrogen functional groups attached to an aromatic ring is 1. The van der Waals surface area contributed by atoms with Crippen molar-refractivity contribution >= 4 is 40.5 Å². The number of aryl methyl sites for hydroxylation is 2. The van der Waals surface area contributed by atoms with E-state index in [0.717, 1.165) is 16.8 Å². The molecule has 3 rings (SSSR count). The predicted octanol–water partition coefficient (Wildman–Crippen LogP) is 3.83. The van der Waals surface area contributed by atoms with Gasteiger partial charge in [0.1, 0.15) is 12.0 Å². The van der Waals surface area contributed by atoms with Crippen LogP contribution in [0.1, 0.15) is 21.5 Å². The van der Waals surface area contributed by atoms with E-state index in [-0.39, 0.29) is 11.5 Å². The molecule has 0 radical (unpaired) electrons. The number of hydrogen-bond donors (Lipinski definition) is 4. The summed E-state index contributed by atoms with van der Waals surface area (Å²) in [5.41, 5.74) is 15.1. The summed E-state index contributed by atoms with van der Waals surface area (Å²) >= 11 is 6.03. The fourth-order valence-electron chi connectivity index (χ4n) is 2.42. The highest BCUT2D eigenvalue weighted by Gasteiger charge is 2.12. The average molecular weight is 383 g/mol. The van der Waals surface area contributed by atoms with Crippen molar-refractivity contribution in [2.24, 2.45) is 0 Å². The van der Waals surface area contributed by atoms with Gasteiger partial charge < -0.3 is 11.1 Å². The third-order valence-electron chi connectivity index (χ3n) is 3.94. The lowest BCUT2D eigenvalue weighted by Crippen LogP contribution is -2.30. The molecule has 0 fully saturated rings. The minimum atomic E-state index is -0.400. The summed E-state index contributed by atoms with van der Waals surface area (Å²) in [6.07, 6.45) is 1.35. The maximum Gasteiger partial charge on any atom is 0.271 e. The molecule has 1 heterocycles. The minimum absolute atomic E-state index is 0.276. The molecule has 0 atom stereocenters. The van der Waals surface area contributed by atoms with Gasteiger partial charge in [-0.3, -0.25) is 15.6 Å². The Morgan fingerprint density at radius 1 is 1.07 bits per heavy atom. The van der Waals surface area contributed by atoms with Crippen LogP contribution >= 0.6 is 11.6 Å². The molecule has 7 nitrogen and oxygen atoms in total. The summed E-state index contributed by atoms with van der Waals surface area (Å²) in [6, 6.07) is 12.8. The van der Waals surface area contributed by atoms with E-state index in [1.165, 1.54) is 6.33 Å². The van der Waals surface area contributed by atoms with Crippen molar-refractivity contribution in [1.82, 2.24) is 15.4 Å². The maximum absolute atomic E-state index is 12.3. The highest BCUT2D eigenvalue weighted by atomic mass is 35.5. The first kappa shape index (κ1) is 18.5. The standard InChI is InChI=1S/C19H19ClN6O/c1-11-7-8-12(2)15(9-11)24-17-16(21)18(23-10-22-17)25-26-19(27)13-5-3-4-6-14(13)20/h3-10H,21H2,1-2H3,(H,26,27)(H2,22,23,24,25). The largest absolute Gasteiger partial charge is 0.393 e. The molecule has 1 aromatic heterocycles. The third kappa shape index (κ3) is 4.27. The average Bonchev–Trinajstić information content (AvgIpc) is 2.65. The molecule has 0 bridgehead atoms. The number of nitrogens with one attached hydrogen (secondary N) is 3. The fraction of sp³-hybridized carbons (Fsp3) is 0.105. The van der Waals surface area contributed by atoms with Crippen molar-refractivity contribution in [3.05, 3.63) is 70.5 Å². The summed E-state index contributed by atoms with van der Waals surface area (Å²) in [4.78, 5) is 20.5. The molecule has 0 aliphatic carbocycles. The quantitative estimate of drug-likeness (QED) is 0.500. The molecule has 3 aromatic rings. The monoisotopic (exact) mass is 382 g/mol. The summed E-state index contributed by atoms with van der Waals surface area (Å²) in [6.45, 7) is 3.99. The van der Waals surface area contributed by atoms with Crippen LogP contribution in [0.4, 0.5) is 23.0 Å². The van der Waals surface area contributed by atoms with Crippen LogP contribution in [0, 0.1) is 13.8 Å². The van der Waals surface area contributed by atoms with Crippen molar-refractivity contribution in [3.63, 3.8) is 0 Å². The number of carbonyl (C=O) groups excluding carboxylic acids is 1. The third-order valence-corrected chi connectivity index (χ3v) is 4.27. The Bertz CT molecular complexity index is 992. The van der Waals surface area contributed by atoms with Gasteiger partial charge in [0.25, 0.3) is 5.91 Å². The molecule has 0 spiro atoms. The Kier molecular flexibility index (Phi) is 5.42. The van der Waals surface area contributed by atoms with E-state index in [4.69, 9.17) is 17.3 Å². The van der Waals surface area contributed by atoms with Crippen LogP contribution in [-0.2, 0) is 0 Å². The Labute approximate surface area is 162 Å². The zero-order chi connectivity index (χ0) is 19.4. The fourth-order valence-corrected chi connectivity index (χ4v) is 2.64. The Balaban J connectivity index is 1.76. The number of carbonyl (C=O) groups is 1. The second-order valence-electron chi connectivity index (χ2n) is 5.99. The van der Waals surface area contributed by atoms with Gasteiger partial charge in [0.2, 0.25) is 0 Å². The molecule has 2 aromatic carbocycles. The molecular weight excluding hydrogens is 364 g/mol. The van der Waals surface area contributed by atoms with Gasteiger partial charge in [-0.25, -0.2) is 9.97 Å². The number of aromatic nitrogens is 2. The first-order valence-corrected chi connectivity index (χ1v) is 8.59. The lowest BCUT2D eigenvalue weighted by molar-refractivity contribution is 0.0962. The number of hydrogen-bond acceptors (Lipinski definition) is 6. The van der Waals surface area contributed by atoms with Crippen LogP contribution in [0.5, 0.6) is 0 Å². The van der Waals surface area contributed by atoms with Crippen molar-refractivity contribution in [3.8, 4) is 0 Å². The molecule has 0 saturated carbocycles. The first-order chi connectivity index (χ1) is 13.0. The van der Waals surface area contributed by atoms with Crippen molar-refractivity contribution in [2.75, 3.05) is 16.5 Å². The van der Waals surface area contributed by atoms with E-state index < -0.39 is 5.91 Å². The SMILES string of the molecule is Cc1ccc(C)c(Nc2ncnc(NNC(=O)c3ccccc3Cl)c2N)c1. The van der Waals surface area contributed by atoms with Crippen LogP contribution in [0.15, 0.2) is 48.8 Å². The second kappa shape index (κ2) is 7.92. The Hall–Kier alpha value is -3.32. The number of rotatable bonds is 5. The molecule has 0 saturated heterocycles. The smallest absolute Gasteiger partial charge is 0.271 e. The van der Waals surface area contributed by atoms with E-state index in [9.17, 15) is 4.79 Å².